The number of amides is 1. The van der Waals surface area contributed by atoms with Crippen LogP contribution in [-0.4, -0.2) is 33.6 Å². The highest BCUT2D eigenvalue weighted by atomic mass is 35.5. The number of nitrogens with zero attached hydrogens (tertiary/aromatic N) is 3. The Morgan fingerprint density at radius 1 is 1.10 bits per heavy atom. The molecule has 1 fully saturated rings. The predicted molar refractivity (Wildman–Crippen MR) is 163 cm³/mol. The number of benzene rings is 3. The second-order valence-electron chi connectivity index (χ2n) is 10.0. The maximum Gasteiger partial charge on any atom is 0.301 e. The van der Waals surface area contributed by atoms with Crippen LogP contribution in [0.2, 0.25) is 5.02 Å². The molecule has 216 valence electrons. The molecule has 4 aromatic rings. The van der Waals surface area contributed by atoms with Crippen LogP contribution in [0, 0.1) is 11.7 Å². The minimum Gasteiger partial charge on any atom is -0.507 e. The van der Waals surface area contributed by atoms with Crippen molar-refractivity contribution >= 4 is 57.3 Å². The lowest BCUT2D eigenvalue weighted by Gasteiger charge is -2.23. The second kappa shape index (κ2) is 13.1. The lowest BCUT2D eigenvalue weighted by Crippen LogP contribution is -2.29. The fourth-order valence-corrected chi connectivity index (χ4v) is 6.39. The van der Waals surface area contributed by atoms with Gasteiger partial charge >= 0.3 is 5.91 Å². The molecule has 0 saturated carbocycles. The Hall–Kier alpha value is -3.73. The second-order valence-corrected chi connectivity index (χ2v) is 12.6. The quantitative estimate of drug-likeness (QED) is 0.0637. The fraction of sp³-hybridized carbons (Fsp3) is 0.226. The molecule has 1 aliphatic heterocycles. The summed E-state index contributed by atoms with van der Waals surface area (Å²) in [5.74, 6) is -1.00. The lowest BCUT2D eigenvalue weighted by atomic mass is 9.95. The zero-order valence-electron chi connectivity index (χ0n) is 22.8. The molecule has 0 spiro atoms. The van der Waals surface area contributed by atoms with Gasteiger partial charge in [-0.05, 0) is 65.9 Å². The van der Waals surface area contributed by atoms with Crippen LogP contribution in [0.1, 0.15) is 43.0 Å². The summed E-state index contributed by atoms with van der Waals surface area (Å²) < 4.78 is 20.6. The molecule has 5 rings (SSSR count). The third kappa shape index (κ3) is 6.51. The van der Waals surface area contributed by atoms with Gasteiger partial charge in [0.05, 0.1) is 18.2 Å². The molecule has 7 nitrogen and oxygen atoms in total. The summed E-state index contributed by atoms with van der Waals surface area (Å²) in [7, 11) is 0. The maximum absolute atomic E-state index is 14.1. The third-order valence-corrected chi connectivity index (χ3v) is 8.97. The van der Waals surface area contributed by atoms with Crippen molar-refractivity contribution in [2.45, 2.75) is 36.4 Å². The molecule has 1 unspecified atom stereocenters. The van der Waals surface area contributed by atoms with Crippen molar-refractivity contribution in [2.75, 3.05) is 11.5 Å². The SMILES string of the molecule is CC(C)CCOc1cccc(C2/C(=C(\O)c3ccc(Cl)cc3)C(=O)C(=O)N2c2nnc(SCc3ccccc3F)s2)c1. The molecule has 42 heavy (non-hydrogen) atoms. The van der Waals surface area contributed by atoms with Gasteiger partial charge in [0, 0.05) is 16.3 Å². The van der Waals surface area contributed by atoms with Crippen molar-refractivity contribution in [3.05, 3.63) is 106 Å². The lowest BCUT2D eigenvalue weighted by molar-refractivity contribution is -0.132. The van der Waals surface area contributed by atoms with Gasteiger partial charge in [-0.1, -0.05) is 78.9 Å². The van der Waals surface area contributed by atoms with Gasteiger partial charge in [-0.15, -0.1) is 10.2 Å². The van der Waals surface area contributed by atoms with E-state index >= 15 is 0 Å². The smallest absolute Gasteiger partial charge is 0.301 e. The number of aliphatic hydroxyl groups excluding tert-OH is 1. The van der Waals surface area contributed by atoms with Gasteiger partial charge in [0.1, 0.15) is 17.3 Å². The number of hydrogen-bond acceptors (Lipinski definition) is 8. The molecule has 1 saturated heterocycles. The van der Waals surface area contributed by atoms with E-state index in [1.165, 1.54) is 22.7 Å². The van der Waals surface area contributed by atoms with Crippen molar-refractivity contribution in [1.29, 1.82) is 0 Å². The van der Waals surface area contributed by atoms with Crippen molar-refractivity contribution in [2.24, 2.45) is 5.92 Å². The molecule has 11 heteroatoms. The normalized spacial score (nSPS) is 16.4. The Balaban J connectivity index is 1.53. The van der Waals surface area contributed by atoms with Crippen LogP contribution in [0.15, 0.2) is 82.7 Å². The maximum atomic E-state index is 14.1. The Morgan fingerprint density at radius 3 is 2.60 bits per heavy atom. The molecular weight excluding hydrogens is 597 g/mol. The molecule has 1 aliphatic rings. The first-order chi connectivity index (χ1) is 20.2. The number of carbonyl (C=O) groups excluding carboxylic acids is 2. The number of thioether (sulfide) groups is 1. The van der Waals surface area contributed by atoms with E-state index in [2.05, 4.69) is 24.0 Å². The molecule has 1 aromatic heterocycles. The van der Waals surface area contributed by atoms with E-state index in [9.17, 15) is 19.1 Å². The van der Waals surface area contributed by atoms with Crippen LogP contribution < -0.4 is 9.64 Å². The van der Waals surface area contributed by atoms with E-state index in [-0.39, 0.29) is 22.3 Å². The average Bonchev–Trinajstić information content (AvgIpc) is 3.54. The monoisotopic (exact) mass is 623 g/mol. The summed E-state index contributed by atoms with van der Waals surface area (Å²) in [5.41, 5.74) is 1.32. The fourth-order valence-electron chi connectivity index (χ4n) is 4.41. The molecule has 2 heterocycles. The van der Waals surface area contributed by atoms with Gasteiger partial charge in [-0.2, -0.15) is 0 Å². The van der Waals surface area contributed by atoms with E-state index in [1.54, 1.807) is 66.7 Å². The van der Waals surface area contributed by atoms with Gasteiger partial charge in [0.2, 0.25) is 5.13 Å². The first-order valence-electron chi connectivity index (χ1n) is 13.2. The number of carbonyl (C=O) groups is 2. The van der Waals surface area contributed by atoms with E-state index in [0.717, 1.165) is 17.8 Å². The van der Waals surface area contributed by atoms with Crippen molar-refractivity contribution < 1.29 is 23.8 Å². The number of hydrogen-bond donors (Lipinski definition) is 1. The standard InChI is InChI=1S/C31H27ClFN3O4S2/c1-18(2)14-15-40-23-8-5-7-20(16-23)26-25(27(37)19-10-12-22(32)13-11-19)28(38)29(39)36(26)30-34-35-31(42-30)41-17-21-6-3-4-9-24(21)33/h3-13,16,18,26,37H,14-15,17H2,1-2H3/b27-25+. The number of halogens is 2. The first-order valence-corrected chi connectivity index (χ1v) is 15.4. The van der Waals surface area contributed by atoms with Gasteiger partial charge in [-0.25, -0.2) is 4.39 Å². The van der Waals surface area contributed by atoms with Crippen LogP contribution in [-0.2, 0) is 15.3 Å². The van der Waals surface area contributed by atoms with Crippen LogP contribution in [0.4, 0.5) is 9.52 Å². The minimum absolute atomic E-state index is 0.0857. The van der Waals surface area contributed by atoms with E-state index in [1.807, 2.05) is 0 Å². The summed E-state index contributed by atoms with van der Waals surface area (Å²) in [5, 5.41) is 20.4. The summed E-state index contributed by atoms with van der Waals surface area (Å²) in [4.78, 5) is 28.3. The first kappa shape index (κ1) is 29.8. The minimum atomic E-state index is -0.994. The van der Waals surface area contributed by atoms with E-state index in [0.29, 0.717) is 50.1 Å². The highest BCUT2D eigenvalue weighted by Crippen LogP contribution is 2.44. The number of rotatable bonds is 10. The zero-order chi connectivity index (χ0) is 29.8. The number of aromatic nitrogens is 2. The summed E-state index contributed by atoms with van der Waals surface area (Å²) >= 11 is 8.42. The highest BCUT2D eigenvalue weighted by molar-refractivity contribution is 8.00. The van der Waals surface area contributed by atoms with Crippen LogP contribution in [0.25, 0.3) is 5.76 Å². The Bertz CT molecular complexity index is 1640. The van der Waals surface area contributed by atoms with Crippen molar-refractivity contribution in [3.8, 4) is 5.75 Å². The average molecular weight is 624 g/mol. The topological polar surface area (TPSA) is 92.6 Å². The van der Waals surface area contributed by atoms with Crippen LogP contribution in [0.3, 0.4) is 0 Å². The summed E-state index contributed by atoms with van der Waals surface area (Å²) in [6.07, 6.45) is 0.859. The van der Waals surface area contributed by atoms with E-state index in [4.69, 9.17) is 16.3 Å². The Labute approximate surface area is 256 Å². The number of ether oxygens (including phenoxy) is 1. The van der Waals surface area contributed by atoms with Gasteiger partial charge < -0.3 is 9.84 Å². The highest BCUT2D eigenvalue weighted by Gasteiger charge is 2.48. The van der Waals surface area contributed by atoms with Crippen molar-refractivity contribution in [3.63, 3.8) is 0 Å². The van der Waals surface area contributed by atoms with Crippen LogP contribution in [0.5, 0.6) is 5.75 Å². The molecule has 3 aromatic carbocycles. The molecule has 1 atom stereocenters. The molecule has 0 radical (unpaired) electrons. The van der Waals surface area contributed by atoms with Gasteiger partial charge in [0.15, 0.2) is 4.34 Å². The van der Waals surface area contributed by atoms with Gasteiger partial charge in [-0.3, -0.25) is 14.5 Å². The van der Waals surface area contributed by atoms with Gasteiger partial charge in [0.25, 0.3) is 5.78 Å². The zero-order valence-corrected chi connectivity index (χ0v) is 25.2. The summed E-state index contributed by atoms with van der Waals surface area (Å²) in [6, 6.07) is 18.9. The third-order valence-electron chi connectivity index (χ3n) is 6.61. The largest absolute Gasteiger partial charge is 0.507 e. The number of anilines is 1. The number of Topliss-reactive ketones (excluding diaryl/α,β-unsaturated/α-hetero) is 1. The van der Waals surface area contributed by atoms with Crippen molar-refractivity contribution in [1.82, 2.24) is 10.2 Å². The van der Waals surface area contributed by atoms with Crippen LogP contribution >= 0.6 is 34.7 Å². The molecule has 1 amide bonds. The number of ketones is 1. The Morgan fingerprint density at radius 2 is 1.86 bits per heavy atom. The molecular formula is C31H27ClFN3O4S2. The number of aliphatic hydroxyl groups is 1. The summed E-state index contributed by atoms with van der Waals surface area (Å²) in [6.45, 7) is 4.72. The predicted octanol–water partition coefficient (Wildman–Crippen LogP) is 7.67. The molecule has 0 aliphatic carbocycles. The molecule has 1 N–H and O–H groups in total. The Kier molecular flexibility index (Phi) is 9.25. The molecule has 0 bridgehead atoms. The van der Waals surface area contributed by atoms with E-state index < -0.39 is 17.7 Å².